The highest BCUT2D eigenvalue weighted by atomic mass is 14.9. The summed E-state index contributed by atoms with van der Waals surface area (Å²) >= 11 is 0. The minimum Gasteiger partial charge on any atom is -0.228 e. The second-order valence-corrected chi connectivity index (χ2v) is 13.3. The Bertz CT molecular complexity index is 2940. The third-order valence-electron chi connectivity index (χ3n) is 10.3. The summed E-state index contributed by atoms with van der Waals surface area (Å²) in [5, 5.41) is 9.64. The van der Waals surface area contributed by atoms with Gasteiger partial charge >= 0.3 is 0 Å². The highest BCUT2D eigenvalue weighted by molar-refractivity contribution is 6.20. The van der Waals surface area contributed by atoms with E-state index in [1.54, 1.807) is 0 Å². The van der Waals surface area contributed by atoms with Crippen molar-refractivity contribution in [2.24, 2.45) is 0 Å². The number of benzene rings is 9. The lowest BCUT2D eigenvalue weighted by molar-refractivity contribution is 1.19. The van der Waals surface area contributed by atoms with Crippen molar-refractivity contribution < 1.29 is 0 Å². The van der Waals surface area contributed by atoms with Gasteiger partial charge in [0.1, 0.15) is 0 Å². The van der Waals surface area contributed by atoms with E-state index in [9.17, 15) is 0 Å². The van der Waals surface area contributed by atoms with Gasteiger partial charge in [0, 0.05) is 16.7 Å². The Morgan fingerprint density at radius 1 is 0.269 bits per heavy atom. The quantitative estimate of drug-likeness (QED) is 0.136. The van der Waals surface area contributed by atoms with E-state index >= 15 is 0 Å². The van der Waals surface area contributed by atoms with Crippen LogP contribution in [0, 0.1) is 0 Å². The van der Waals surface area contributed by atoms with Crippen molar-refractivity contribution >= 4 is 43.1 Å². The molecule has 0 saturated heterocycles. The Balaban J connectivity index is 1.26. The molecule has 9 aromatic carbocycles. The number of rotatable bonds is 5. The largest absolute Gasteiger partial charge is 0.228 e. The normalized spacial score (nSPS) is 11.5. The number of nitrogens with zero attached hydrogens (tertiary/aromatic N) is 2. The number of aromatic nitrogens is 2. The molecular weight excluding hydrogens is 629 g/mol. The lowest BCUT2D eigenvalue weighted by atomic mass is 9.90. The van der Waals surface area contributed by atoms with Crippen LogP contribution in [-0.2, 0) is 0 Å². The zero-order valence-electron chi connectivity index (χ0n) is 28.4. The van der Waals surface area contributed by atoms with Crippen molar-refractivity contribution in [2.45, 2.75) is 0 Å². The predicted molar refractivity (Wildman–Crippen MR) is 219 cm³/mol. The van der Waals surface area contributed by atoms with Crippen LogP contribution in [0.3, 0.4) is 0 Å². The third-order valence-corrected chi connectivity index (χ3v) is 10.3. The Morgan fingerprint density at radius 3 is 1.63 bits per heavy atom. The number of hydrogen-bond donors (Lipinski definition) is 0. The zero-order chi connectivity index (χ0) is 34.4. The van der Waals surface area contributed by atoms with Gasteiger partial charge in [0.05, 0.1) is 11.4 Å². The summed E-state index contributed by atoms with van der Waals surface area (Å²) in [6, 6.07) is 69.3. The van der Waals surface area contributed by atoms with Gasteiger partial charge in [0.25, 0.3) is 0 Å². The summed E-state index contributed by atoms with van der Waals surface area (Å²) in [4.78, 5) is 10.8. The van der Waals surface area contributed by atoms with Gasteiger partial charge in [-0.3, -0.25) is 0 Å². The zero-order valence-corrected chi connectivity index (χ0v) is 28.4. The second-order valence-electron chi connectivity index (χ2n) is 13.3. The first kappa shape index (κ1) is 30.0. The molecule has 0 N–H and O–H groups in total. The first-order chi connectivity index (χ1) is 25.8. The molecule has 0 saturated carbocycles. The average Bonchev–Trinajstić information content (AvgIpc) is 3.23. The van der Waals surface area contributed by atoms with Crippen LogP contribution in [0.25, 0.3) is 99.2 Å². The first-order valence-corrected chi connectivity index (χ1v) is 17.7. The molecule has 10 aromatic rings. The third kappa shape index (κ3) is 5.12. The summed E-state index contributed by atoms with van der Waals surface area (Å²) in [5.74, 6) is 0.696. The molecular formula is C50H32N2. The number of hydrogen-bond acceptors (Lipinski definition) is 2. The average molecular weight is 661 g/mol. The van der Waals surface area contributed by atoms with Crippen molar-refractivity contribution in [1.29, 1.82) is 0 Å². The van der Waals surface area contributed by atoms with Crippen LogP contribution in [0.2, 0.25) is 0 Å². The molecule has 0 aliphatic rings. The molecule has 1 heterocycles. The van der Waals surface area contributed by atoms with Gasteiger partial charge in [0.2, 0.25) is 0 Å². The minimum absolute atomic E-state index is 0.696. The van der Waals surface area contributed by atoms with Crippen molar-refractivity contribution in [3.63, 3.8) is 0 Å². The molecule has 0 fully saturated rings. The van der Waals surface area contributed by atoms with Gasteiger partial charge in [-0.15, -0.1) is 0 Å². The SMILES string of the molecule is c1ccc(-c2ccc(-c3nc(-c4ccccc4-c4cccc5ccccc45)cc(-c4c5ccccc5cc5c4ccc4ccccc45)n3)cc2)cc1. The molecule has 0 aliphatic carbocycles. The van der Waals surface area contributed by atoms with Crippen molar-refractivity contribution in [1.82, 2.24) is 9.97 Å². The van der Waals surface area contributed by atoms with Crippen LogP contribution in [0.5, 0.6) is 0 Å². The van der Waals surface area contributed by atoms with Gasteiger partial charge in [-0.25, -0.2) is 9.97 Å². The monoisotopic (exact) mass is 660 g/mol. The van der Waals surface area contributed by atoms with Crippen LogP contribution in [-0.4, -0.2) is 9.97 Å². The van der Waals surface area contributed by atoms with Gasteiger partial charge < -0.3 is 0 Å². The maximum atomic E-state index is 5.42. The molecule has 0 amide bonds. The van der Waals surface area contributed by atoms with Crippen molar-refractivity contribution in [3.8, 4) is 56.2 Å². The van der Waals surface area contributed by atoms with Crippen LogP contribution >= 0.6 is 0 Å². The van der Waals surface area contributed by atoms with E-state index in [-0.39, 0.29) is 0 Å². The Morgan fingerprint density at radius 2 is 0.827 bits per heavy atom. The van der Waals surface area contributed by atoms with Crippen molar-refractivity contribution in [2.75, 3.05) is 0 Å². The minimum atomic E-state index is 0.696. The lowest BCUT2D eigenvalue weighted by Crippen LogP contribution is -1.98. The molecule has 0 bridgehead atoms. The molecule has 2 nitrogen and oxygen atoms in total. The summed E-state index contributed by atoms with van der Waals surface area (Å²) in [6.07, 6.45) is 0. The molecule has 0 atom stereocenters. The van der Waals surface area contributed by atoms with Crippen molar-refractivity contribution in [3.05, 3.63) is 194 Å². The summed E-state index contributed by atoms with van der Waals surface area (Å²) in [5.41, 5.74) is 9.62. The smallest absolute Gasteiger partial charge is 0.160 e. The Hall–Kier alpha value is -6.90. The molecule has 0 aliphatic heterocycles. The van der Waals surface area contributed by atoms with E-state index in [1.165, 1.54) is 54.2 Å². The number of fused-ring (bicyclic) bond motifs is 5. The highest BCUT2D eigenvalue weighted by Crippen LogP contribution is 2.42. The van der Waals surface area contributed by atoms with E-state index in [0.29, 0.717) is 5.82 Å². The standard InChI is InChI=1S/C50H32N2/c1-2-13-33(14-3-1)34-25-27-37(28-26-34)50-51-47(44-23-11-10-22-43(44)42-24-12-18-35-15-4-7-19-39(35)42)32-48(52-50)49-41-21-9-6-17-38(41)31-46-40-20-8-5-16-36(40)29-30-45(46)49/h1-32H. The van der Waals surface area contributed by atoms with Crippen LogP contribution in [0.15, 0.2) is 194 Å². The van der Waals surface area contributed by atoms with Gasteiger partial charge in [-0.1, -0.05) is 182 Å². The van der Waals surface area contributed by atoms with E-state index < -0.39 is 0 Å². The summed E-state index contributed by atoms with van der Waals surface area (Å²) in [6.45, 7) is 0. The lowest BCUT2D eigenvalue weighted by Gasteiger charge is -2.17. The first-order valence-electron chi connectivity index (χ1n) is 17.7. The maximum absolute atomic E-state index is 5.42. The second kappa shape index (κ2) is 12.5. The Kier molecular flexibility index (Phi) is 7.18. The summed E-state index contributed by atoms with van der Waals surface area (Å²) in [7, 11) is 0. The topological polar surface area (TPSA) is 25.8 Å². The van der Waals surface area contributed by atoms with E-state index in [2.05, 4.69) is 194 Å². The molecule has 10 rings (SSSR count). The fourth-order valence-electron chi connectivity index (χ4n) is 7.78. The van der Waals surface area contributed by atoms with Gasteiger partial charge in [-0.2, -0.15) is 0 Å². The molecule has 242 valence electrons. The van der Waals surface area contributed by atoms with E-state index in [0.717, 1.165) is 39.2 Å². The van der Waals surface area contributed by atoms with Crippen LogP contribution in [0.4, 0.5) is 0 Å². The summed E-state index contributed by atoms with van der Waals surface area (Å²) < 4.78 is 0. The Labute approximate surface area is 302 Å². The molecule has 0 radical (unpaired) electrons. The maximum Gasteiger partial charge on any atom is 0.160 e. The fourth-order valence-corrected chi connectivity index (χ4v) is 7.78. The molecule has 0 spiro atoms. The highest BCUT2D eigenvalue weighted by Gasteiger charge is 2.19. The fraction of sp³-hybridized carbons (Fsp3) is 0. The van der Waals surface area contributed by atoms with Crippen LogP contribution in [0.1, 0.15) is 0 Å². The molecule has 52 heavy (non-hydrogen) atoms. The van der Waals surface area contributed by atoms with E-state index in [4.69, 9.17) is 9.97 Å². The molecule has 0 unspecified atom stereocenters. The molecule has 2 heteroatoms. The van der Waals surface area contributed by atoms with E-state index in [1.807, 2.05) is 0 Å². The van der Waals surface area contributed by atoms with Gasteiger partial charge in [0.15, 0.2) is 5.82 Å². The predicted octanol–water partition coefficient (Wildman–Crippen LogP) is 13.4. The van der Waals surface area contributed by atoms with Crippen LogP contribution < -0.4 is 0 Å². The molecule has 1 aromatic heterocycles. The van der Waals surface area contributed by atoms with Gasteiger partial charge in [-0.05, 0) is 77.5 Å².